The molecule has 1 nitrogen and oxygen atoms in total. The van der Waals surface area contributed by atoms with Gasteiger partial charge in [-0.2, -0.15) is 0 Å². The minimum atomic E-state index is 0.231. The van der Waals surface area contributed by atoms with Crippen molar-refractivity contribution in [1.29, 1.82) is 0 Å². The Bertz CT molecular complexity index is 420. The Morgan fingerprint density at radius 3 is 2.22 bits per heavy atom. The molecule has 0 aromatic heterocycles. The molecule has 0 bridgehead atoms. The number of hydrogen-bond donors (Lipinski definition) is 1. The average molecular weight is 245 g/mol. The van der Waals surface area contributed by atoms with Gasteiger partial charge in [0.25, 0.3) is 0 Å². The molecule has 0 unspecified atom stereocenters. The van der Waals surface area contributed by atoms with Gasteiger partial charge in [0.2, 0.25) is 0 Å². The molecule has 1 saturated carbocycles. The SMILES string of the molecule is Cc1cc(C(C)(C)C)ccc1C1(CN)CCCC1. The van der Waals surface area contributed by atoms with E-state index in [-0.39, 0.29) is 10.8 Å². The summed E-state index contributed by atoms with van der Waals surface area (Å²) in [6.45, 7) is 9.87. The molecule has 0 spiro atoms. The summed E-state index contributed by atoms with van der Waals surface area (Å²) in [5, 5.41) is 0. The molecule has 1 fully saturated rings. The van der Waals surface area contributed by atoms with Crippen molar-refractivity contribution in [2.24, 2.45) is 5.73 Å². The number of rotatable bonds is 2. The highest BCUT2D eigenvalue weighted by atomic mass is 14.6. The summed E-state index contributed by atoms with van der Waals surface area (Å²) in [7, 11) is 0. The molecular weight excluding hydrogens is 218 g/mol. The Balaban J connectivity index is 2.41. The maximum atomic E-state index is 6.09. The molecule has 0 aliphatic heterocycles. The van der Waals surface area contributed by atoms with Gasteiger partial charge in [-0.05, 0) is 41.9 Å². The van der Waals surface area contributed by atoms with Crippen LogP contribution in [-0.4, -0.2) is 6.54 Å². The third kappa shape index (κ3) is 2.33. The Labute approximate surface area is 112 Å². The van der Waals surface area contributed by atoms with Crippen molar-refractivity contribution >= 4 is 0 Å². The second kappa shape index (κ2) is 4.70. The Morgan fingerprint density at radius 1 is 1.17 bits per heavy atom. The molecule has 0 amide bonds. The van der Waals surface area contributed by atoms with Crippen LogP contribution in [0.5, 0.6) is 0 Å². The molecule has 1 aliphatic carbocycles. The summed E-state index contributed by atoms with van der Waals surface area (Å²) in [4.78, 5) is 0. The lowest BCUT2D eigenvalue weighted by Crippen LogP contribution is -2.33. The van der Waals surface area contributed by atoms with E-state index in [0.29, 0.717) is 0 Å². The molecule has 1 aromatic rings. The predicted molar refractivity (Wildman–Crippen MR) is 79.1 cm³/mol. The van der Waals surface area contributed by atoms with Crippen LogP contribution in [0, 0.1) is 6.92 Å². The van der Waals surface area contributed by atoms with Gasteiger partial charge in [0.05, 0.1) is 0 Å². The van der Waals surface area contributed by atoms with Crippen LogP contribution in [0.3, 0.4) is 0 Å². The topological polar surface area (TPSA) is 26.0 Å². The van der Waals surface area contributed by atoms with Crippen LogP contribution in [0.4, 0.5) is 0 Å². The summed E-state index contributed by atoms with van der Waals surface area (Å²) in [5.41, 5.74) is 10.9. The van der Waals surface area contributed by atoms with Gasteiger partial charge in [-0.3, -0.25) is 0 Å². The fourth-order valence-electron chi connectivity index (χ4n) is 3.36. The summed E-state index contributed by atoms with van der Waals surface area (Å²) in [6, 6.07) is 7.01. The van der Waals surface area contributed by atoms with E-state index in [9.17, 15) is 0 Å². The van der Waals surface area contributed by atoms with Gasteiger partial charge in [0.15, 0.2) is 0 Å². The largest absolute Gasteiger partial charge is 0.330 e. The summed E-state index contributed by atoms with van der Waals surface area (Å²) in [5.74, 6) is 0. The summed E-state index contributed by atoms with van der Waals surface area (Å²) < 4.78 is 0. The first-order valence-electron chi connectivity index (χ1n) is 7.21. The molecule has 18 heavy (non-hydrogen) atoms. The summed E-state index contributed by atoms with van der Waals surface area (Å²) >= 11 is 0. The lowest BCUT2D eigenvalue weighted by atomic mass is 9.75. The molecule has 0 heterocycles. The minimum absolute atomic E-state index is 0.231. The monoisotopic (exact) mass is 245 g/mol. The van der Waals surface area contributed by atoms with Crippen LogP contribution in [-0.2, 0) is 10.8 Å². The molecule has 1 heteroatoms. The van der Waals surface area contributed by atoms with E-state index in [4.69, 9.17) is 5.73 Å². The molecule has 0 saturated heterocycles. The molecule has 2 rings (SSSR count). The van der Waals surface area contributed by atoms with Gasteiger partial charge in [0.1, 0.15) is 0 Å². The second-order valence-electron chi connectivity index (χ2n) is 6.97. The van der Waals surface area contributed by atoms with Crippen molar-refractivity contribution < 1.29 is 0 Å². The van der Waals surface area contributed by atoms with Gasteiger partial charge in [-0.15, -0.1) is 0 Å². The van der Waals surface area contributed by atoms with Crippen molar-refractivity contribution in [1.82, 2.24) is 0 Å². The third-order valence-electron chi connectivity index (χ3n) is 4.62. The normalized spacial score (nSPS) is 19.2. The first kappa shape index (κ1) is 13.6. The van der Waals surface area contributed by atoms with E-state index in [1.54, 1.807) is 0 Å². The quantitative estimate of drug-likeness (QED) is 0.835. The molecule has 100 valence electrons. The standard InChI is InChI=1S/C17H27N/c1-13-11-14(16(2,3)4)7-8-15(13)17(12-18)9-5-6-10-17/h7-8,11H,5-6,9-10,12,18H2,1-4H3. The van der Waals surface area contributed by atoms with E-state index in [1.165, 1.54) is 42.4 Å². The smallest absolute Gasteiger partial charge is 0.00781 e. The van der Waals surface area contributed by atoms with Crippen molar-refractivity contribution in [3.63, 3.8) is 0 Å². The van der Waals surface area contributed by atoms with E-state index in [1.807, 2.05) is 0 Å². The van der Waals surface area contributed by atoms with E-state index < -0.39 is 0 Å². The predicted octanol–water partition coefficient (Wildman–Crippen LogP) is 4.06. The summed E-state index contributed by atoms with van der Waals surface area (Å²) in [6.07, 6.45) is 5.19. The molecule has 1 aromatic carbocycles. The molecular formula is C17H27N. The van der Waals surface area contributed by atoms with Crippen LogP contribution in [0.1, 0.15) is 63.1 Å². The van der Waals surface area contributed by atoms with E-state index in [0.717, 1.165) is 6.54 Å². The highest BCUT2D eigenvalue weighted by Crippen LogP contribution is 2.42. The lowest BCUT2D eigenvalue weighted by molar-refractivity contribution is 0.450. The molecule has 0 radical (unpaired) electrons. The average Bonchev–Trinajstić information content (AvgIpc) is 2.77. The van der Waals surface area contributed by atoms with Crippen LogP contribution in [0.15, 0.2) is 18.2 Å². The second-order valence-corrected chi connectivity index (χ2v) is 6.97. The van der Waals surface area contributed by atoms with Gasteiger partial charge in [-0.25, -0.2) is 0 Å². The zero-order chi connectivity index (χ0) is 13.4. The zero-order valence-corrected chi connectivity index (χ0v) is 12.3. The van der Waals surface area contributed by atoms with E-state index >= 15 is 0 Å². The Morgan fingerprint density at radius 2 is 1.78 bits per heavy atom. The number of hydrogen-bond acceptors (Lipinski definition) is 1. The first-order chi connectivity index (χ1) is 8.39. The fourth-order valence-corrected chi connectivity index (χ4v) is 3.36. The van der Waals surface area contributed by atoms with Crippen molar-refractivity contribution in [3.05, 3.63) is 34.9 Å². The lowest BCUT2D eigenvalue weighted by Gasteiger charge is -2.31. The van der Waals surface area contributed by atoms with Gasteiger partial charge in [0, 0.05) is 12.0 Å². The highest BCUT2D eigenvalue weighted by molar-refractivity contribution is 5.40. The van der Waals surface area contributed by atoms with Gasteiger partial charge in [-0.1, -0.05) is 51.8 Å². The Kier molecular flexibility index (Phi) is 3.55. The van der Waals surface area contributed by atoms with Crippen LogP contribution in [0.2, 0.25) is 0 Å². The number of benzene rings is 1. The van der Waals surface area contributed by atoms with Crippen LogP contribution in [0.25, 0.3) is 0 Å². The molecule has 2 N–H and O–H groups in total. The minimum Gasteiger partial charge on any atom is -0.330 e. The van der Waals surface area contributed by atoms with Gasteiger partial charge < -0.3 is 5.73 Å². The number of aryl methyl sites for hydroxylation is 1. The van der Waals surface area contributed by atoms with Gasteiger partial charge >= 0.3 is 0 Å². The molecule has 0 atom stereocenters. The van der Waals surface area contributed by atoms with Crippen molar-refractivity contribution in [2.75, 3.05) is 6.54 Å². The third-order valence-corrected chi connectivity index (χ3v) is 4.62. The highest BCUT2D eigenvalue weighted by Gasteiger charge is 2.35. The van der Waals surface area contributed by atoms with Crippen molar-refractivity contribution in [3.8, 4) is 0 Å². The number of nitrogens with two attached hydrogens (primary N) is 1. The van der Waals surface area contributed by atoms with Crippen LogP contribution < -0.4 is 5.73 Å². The molecule has 1 aliphatic rings. The maximum absolute atomic E-state index is 6.09. The first-order valence-corrected chi connectivity index (χ1v) is 7.21. The zero-order valence-electron chi connectivity index (χ0n) is 12.3. The van der Waals surface area contributed by atoms with E-state index in [2.05, 4.69) is 45.9 Å². The Hall–Kier alpha value is -0.820. The maximum Gasteiger partial charge on any atom is 0.00781 e. The van der Waals surface area contributed by atoms with Crippen LogP contribution >= 0.6 is 0 Å². The fraction of sp³-hybridized carbons (Fsp3) is 0.647. The van der Waals surface area contributed by atoms with Crippen molar-refractivity contribution in [2.45, 2.75) is 64.2 Å².